The second kappa shape index (κ2) is 17.2. The van der Waals surface area contributed by atoms with Crippen LogP contribution in [0.15, 0.2) is 48.7 Å². The lowest BCUT2D eigenvalue weighted by atomic mass is 9.90. The summed E-state index contributed by atoms with van der Waals surface area (Å²) in [4.78, 5) is 73.6. The highest BCUT2D eigenvalue weighted by molar-refractivity contribution is 6.07. The van der Waals surface area contributed by atoms with Crippen molar-refractivity contribution in [2.24, 2.45) is 11.8 Å². The van der Waals surface area contributed by atoms with Gasteiger partial charge in [0.15, 0.2) is 0 Å². The van der Waals surface area contributed by atoms with Crippen molar-refractivity contribution in [1.82, 2.24) is 40.4 Å². The Hall–Kier alpha value is -6.16. The summed E-state index contributed by atoms with van der Waals surface area (Å²) in [5.41, 5.74) is 6.58. The van der Waals surface area contributed by atoms with E-state index >= 15 is 0 Å². The van der Waals surface area contributed by atoms with Crippen molar-refractivity contribution in [1.29, 1.82) is 0 Å². The lowest BCUT2D eigenvalue weighted by molar-refractivity contribution is -0.139. The first-order valence-corrected chi connectivity index (χ1v) is 22.1. The SMILES string of the molecule is COC(=O)NC(C(=O)N1[C@@H](C)CC[C@H]1c1ncc(-c2ccc3c(c2)COc2cc4c(ccc5[nH]c([C@@H]6CC[C@H](C)N6C(=O)[C@@H](NC(=O)OC)C6CCOCC6)nc54)cc2-3)[nH]1)C(C)C. The topological polar surface area (TPSA) is 193 Å². The van der Waals surface area contributed by atoms with Crippen LogP contribution < -0.4 is 15.4 Å². The molecule has 4 N–H and O–H groups in total. The van der Waals surface area contributed by atoms with E-state index in [9.17, 15) is 19.2 Å². The highest BCUT2D eigenvalue weighted by atomic mass is 16.5. The number of aromatic nitrogens is 4. The predicted molar refractivity (Wildman–Crippen MR) is 235 cm³/mol. The number of carbonyl (C=O) groups excluding carboxylic acids is 4. The van der Waals surface area contributed by atoms with Crippen molar-refractivity contribution in [3.63, 3.8) is 0 Å². The van der Waals surface area contributed by atoms with E-state index in [0.29, 0.717) is 38.5 Å². The molecule has 3 aromatic carbocycles. The van der Waals surface area contributed by atoms with E-state index in [2.05, 4.69) is 63.9 Å². The highest BCUT2D eigenvalue weighted by Crippen LogP contribution is 2.44. The monoisotopic (exact) mass is 860 g/mol. The molecule has 6 heterocycles. The highest BCUT2D eigenvalue weighted by Gasteiger charge is 2.44. The molecule has 16 nitrogen and oxygen atoms in total. The van der Waals surface area contributed by atoms with Crippen LogP contribution >= 0.6 is 0 Å². The Kier molecular flexibility index (Phi) is 11.5. The standard InChI is InChI=1S/C47H56N8O8/c1-24(2)39(52-46(58)60-5)44(56)54-25(3)7-13-36(54)42-48-22-35(50-42)29-9-11-31-30(19-29)23-63-38-21-32-28(20-33(31)38)10-12-34-41(32)51-43(49-34)37-14-8-26(4)55(37)45(57)40(53-47(59)61-6)27-15-17-62-18-16-27/h9-12,19-22,24-27,36-37,39-40H,7-8,13-18,23H2,1-6H3,(H,48,50)(H,49,51)(H,52,58)(H,53,59)/t25-,26-,36-,37-,39?,40-/m0/s1. The van der Waals surface area contributed by atoms with Gasteiger partial charge in [0.2, 0.25) is 11.8 Å². The molecule has 9 rings (SSSR count). The number of carbonyl (C=O) groups is 4. The van der Waals surface area contributed by atoms with Crippen LogP contribution in [0.4, 0.5) is 9.59 Å². The number of nitrogens with zero attached hydrogens (tertiary/aromatic N) is 4. The zero-order valence-corrected chi connectivity index (χ0v) is 36.7. The smallest absolute Gasteiger partial charge is 0.407 e. The van der Waals surface area contributed by atoms with Gasteiger partial charge >= 0.3 is 12.2 Å². The van der Waals surface area contributed by atoms with Gasteiger partial charge in [-0.3, -0.25) is 9.59 Å². The number of nitrogens with one attached hydrogen (secondary N) is 4. The molecule has 3 fully saturated rings. The first-order valence-electron chi connectivity index (χ1n) is 22.1. The summed E-state index contributed by atoms with van der Waals surface area (Å²) in [5.74, 6) is 1.73. The lowest BCUT2D eigenvalue weighted by Crippen LogP contribution is -2.54. The molecule has 2 aromatic heterocycles. The van der Waals surface area contributed by atoms with Gasteiger partial charge in [-0.25, -0.2) is 19.6 Å². The fourth-order valence-corrected chi connectivity index (χ4v) is 10.2. The van der Waals surface area contributed by atoms with Gasteiger partial charge in [-0.05, 0) is 111 Å². The van der Waals surface area contributed by atoms with E-state index in [1.807, 2.05) is 42.8 Å². The third kappa shape index (κ3) is 7.82. The fraction of sp³-hybridized carbons (Fsp3) is 0.489. The van der Waals surface area contributed by atoms with Crippen LogP contribution in [-0.2, 0) is 30.4 Å². The maximum Gasteiger partial charge on any atom is 0.407 e. The Morgan fingerprint density at radius 3 is 2.21 bits per heavy atom. The van der Waals surface area contributed by atoms with Crippen molar-refractivity contribution in [2.75, 3.05) is 27.4 Å². The molecule has 0 radical (unpaired) electrons. The molecule has 6 atom stereocenters. The van der Waals surface area contributed by atoms with Gasteiger partial charge in [0.05, 0.1) is 49.2 Å². The molecule has 0 saturated carbocycles. The van der Waals surface area contributed by atoms with Crippen LogP contribution in [0.1, 0.15) is 95.5 Å². The summed E-state index contributed by atoms with van der Waals surface area (Å²) in [6.07, 6.45) is 5.04. The normalized spacial score (nSPS) is 22.1. The Balaban J connectivity index is 0.964. The first kappa shape index (κ1) is 42.2. The zero-order chi connectivity index (χ0) is 44.1. The van der Waals surface area contributed by atoms with Crippen molar-refractivity contribution in [3.8, 4) is 28.1 Å². The third-order valence-electron chi connectivity index (χ3n) is 13.6. The predicted octanol–water partition coefficient (Wildman–Crippen LogP) is 7.30. The molecular weight excluding hydrogens is 805 g/mol. The fourth-order valence-electron chi connectivity index (χ4n) is 10.2. The van der Waals surface area contributed by atoms with E-state index in [1.165, 1.54) is 14.2 Å². The molecular formula is C47H56N8O8. The number of hydrogen-bond acceptors (Lipinski definition) is 10. The molecule has 4 aliphatic rings. The maximum absolute atomic E-state index is 14.4. The number of aromatic amines is 2. The van der Waals surface area contributed by atoms with Gasteiger partial charge in [-0.15, -0.1) is 0 Å². The van der Waals surface area contributed by atoms with E-state index in [1.54, 1.807) is 0 Å². The van der Waals surface area contributed by atoms with Crippen LogP contribution in [-0.4, -0.2) is 105 Å². The minimum absolute atomic E-state index is 0.0179. The minimum Gasteiger partial charge on any atom is -0.488 e. The first-order chi connectivity index (χ1) is 30.4. The molecule has 4 aliphatic heterocycles. The summed E-state index contributed by atoms with van der Waals surface area (Å²) in [5, 5.41) is 7.54. The van der Waals surface area contributed by atoms with E-state index < -0.39 is 24.3 Å². The number of amides is 4. The van der Waals surface area contributed by atoms with Gasteiger partial charge in [-0.2, -0.15) is 0 Å². The third-order valence-corrected chi connectivity index (χ3v) is 13.6. The number of imidazole rings is 2. The molecule has 332 valence electrons. The molecule has 0 spiro atoms. The number of benzene rings is 3. The molecule has 3 saturated heterocycles. The van der Waals surface area contributed by atoms with E-state index in [-0.39, 0.29) is 47.8 Å². The van der Waals surface area contributed by atoms with Gasteiger partial charge in [-0.1, -0.05) is 32.0 Å². The molecule has 16 heteroatoms. The molecule has 5 aromatic rings. The maximum atomic E-state index is 14.4. The molecule has 0 aliphatic carbocycles. The molecule has 63 heavy (non-hydrogen) atoms. The van der Waals surface area contributed by atoms with Crippen molar-refractivity contribution >= 4 is 45.8 Å². The van der Waals surface area contributed by atoms with Crippen LogP contribution in [0, 0.1) is 11.8 Å². The van der Waals surface area contributed by atoms with Crippen molar-refractivity contribution < 1.29 is 38.1 Å². The van der Waals surface area contributed by atoms with E-state index in [0.717, 1.165) is 87.0 Å². The number of alkyl carbamates (subject to hydrolysis) is 2. The van der Waals surface area contributed by atoms with Crippen molar-refractivity contribution in [3.05, 3.63) is 65.9 Å². The van der Waals surface area contributed by atoms with Crippen LogP contribution in [0.25, 0.3) is 44.2 Å². The van der Waals surface area contributed by atoms with Crippen LogP contribution in [0.2, 0.25) is 0 Å². The quantitative estimate of drug-likeness (QED) is 0.117. The number of H-pyrrole nitrogens is 2. The Labute approximate surface area is 365 Å². The zero-order valence-electron chi connectivity index (χ0n) is 36.7. The summed E-state index contributed by atoms with van der Waals surface area (Å²) in [6, 6.07) is 12.6. The Morgan fingerprint density at radius 1 is 0.794 bits per heavy atom. The van der Waals surface area contributed by atoms with Gasteiger partial charge in [0.1, 0.15) is 36.1 Å². The average Bonchev–Trinajstić information content (AvgIpc) is 4.12. The molecule has 0 bridgehead atoms. The minimum atomic E-state index is -0.722. The van der Waals surface area contributed by atoms with E-state index in [4.69, 9.17) is 28.9 Å². The largest absolute Gasteiger partial charge is 0.488 e. The summed E-state index contributed by atoms with van der Waals surface area (Å²) in [7, 11) is 2.60. The number of methoxy groups -OCH3 is 2. The number of fused-ring (bicyclic) bond motifs is 6. The van der Waals surface area contributed by atoms with Gasteiger partial charge in [0, 0.05) is 36.2 Å². The van der Waals surface area contributed by atoms with Crippen LogP contribution in [0.3, 0.4) is 0 Å². The second-order valence-electron chi connectivity index (χ2n) is 17.8. The average molecular weight is 861 g/mol. The molecule has 4 amide bonds. The lowest BCUT2D eigenvalue weighted by Gasteiger charge is -2.36. The van der Waals surface area contributed by atoms with Gasteiger partial charge < -0.3 is 49.3 Å². The van der Waals surface area contributed by atoms with Gasteiger partial charge in [0.25, 0.3) is 0 Å². The summed E-state index contributed by atoms with van der Waals surface area (Å²) >= 11 is 0. The Bertz CT molecular complexity index is 2560. The molecule has 1 unspecified atom stereocenters. The Morgan fingerprint density at radius 2 is 1.49 bits per heavy atom. The number of hydrogen-bond donors (Lipinski definition) is 4. The summed E-state index contributed by atoms with van der Waals surface area (Å²) in [6.45, 7) is 9.36. The number of rotatable bonds is 9. The van der Waals surface area contributed by atoms with Crippen LogP contribution in [0.5, 0.6) is 5.75 Å². The number of ether oxygens (including phenoxy) is 4. The second-order valence-corrected chi connectivity index (χ2v) is 17.8. The van der Waals surface area contributed by atoms with Crippen molar-refractivity contribution in [2.45, 2.75) is 109 Å². The number of likely N-dealkylation sites (tertiary alicyclic amines) is 2. The summed E-state index contributed by atoms with van der Waals surface area (Å²) < 4.78 is 21.8.